The molecule has 2 heterocycles. The van der Waals surface area contributed by atoms with Crippen LogP contribution in [0.15, 0.2) is 19.0 Å². The van der Waals surface area contributed by atoms with Gasteiger partial charge in [0, 0.05) is 25.2 Å². The summed E-state index contributed by atoms with van der Waals surface area (Å²) in [6.45, 7) is 5.89. The van der Waals surface area contributed by atoms with Crippen LogP contribution in [0.1, 0.15) is 17.8 Å². The number of rotatable bonds is 6. The molecule has 2 aromatic rings. The molecule has 0 aliphatic heterocycles. The minimum atomic E-state index is 0.0185. The molecular formula is C12H18N6O. The molecule has 0 saturated carbocycles. The van der Waals surface area contributed by atoms with Gasteiger partial charge in [-0.2, -0.15) is 5.10 Å². The fraction of sp³-hybridized carbons (Fsp3) is 0.500. The molecule has 0 unspecified atom stereocenters. The number of aryl methyl sites for hydroxylation is 2. The third-order valence-electron chi connectivity index (χ3n) is 3.05. The van der Waals surface area contributed by atoms with Gasteiger partial charge in [0.15, 0.2) is 0 Å². The molecule has 0 bridgehead atoms. The SMILES string of the molecule is Cc1ncn(CCNC(=O)CCn2cncn2)c1C. The second kappa shape index (κ2) is 6.12. The molecule has 0 radical (unpaired) electrons. The number of nitrogens with zero attached hydrogens (tertiary/aromatic N) is 5. The summed E-state index contributed by atoms with van der Waals surface area (Å²) in [6, 6.07) is 0. The molecule has 2 aromatic heterocycles. The smallest absolute Gasteiger partial charge is 0.221 e. The minimum absolute atomic E-state index is 0.0185. The van der Waals surface area contributed by atoms with Crippen LogP contribution in [0.5, 0.6) is 0 Å². The van der Waals surface area contributed by atoms with Gasteiger partial charge in [0.2, 0.25) is 5.91 Å². The van der Waals surface area contributed by atoms with Crippen LogP contribution in [0.3, 0.4) is 0 Å². The quantitative estimate of drug-likeness (QED) is 0.812. The van der Waals surface area contributed by atoms with Crippen molar-refractivity contribution >= 4 is 5.91 Å². The summed E-state index contributed by atoms with van der Waals surface area (Å²) in [5, 5.41) is 6.82. The fourth-order valence-corrected chi connectivity index (χ4v) is 1.74. The van der Waals surface area contributed by atoms with Crippen molar-refractivity contribution in [2.45, 2.75) is 33.4 Å². The first-order valence-corrected chi connectivity index (χ1v) is 6.24. The van der Waals surface area contributed by atoms with E-state index in [1.807, 2.05) is 18.4 Å². The number of aromatic nitrogens is 5. The van der Waals surface area contributed by atoms with Gasteiger partial charge in [0.25, 0.3) is 0 Å². The lowest BCUT2D eigenvalue weighted by atomic mass is 10.3. The average molecular weight is 262 g/mol. The van der Waals surface area contributed by atoms with Crippen LogP contribution < -0.4 is 5.32 Å². The van der Waals surface area contributed by atoms with Crippen molar-refractivity contribution in [2.24, 2.45) is 0 Å². The maximum absolute atomic E-state index is 11.6. The zero-order valence-electron chi connectivity index (χ0n) is 11.2. The highest BCUT2D eigenvalue weighted by atomic mass is 16.1. The predicted octanol–water partition coefficient (Wildman–Crippen LogP) is 0.298. The van der Waals surface area contributed by atoms with E-state index in [9.17, 15) is 4.79 Å². The van der Waals surface area contributed by atoms with Crippen molar-refractivity contribution in [2.75, 3.05) is 6.54 Å². The molecular weight excluding hydrogens is 244 g/mol. The maximum atomic E-state index is 11.6. The molecule has 0 spiro atoms. The summed E-state index contributed by atoms with van der Waals surface area (Å²) in [5.41, 5.74) is 2.16. The van der Waals surface area contributed by atoms with E-state index in [0.29, 0.717) is 19.5 Å². The Bertz CT molecular complexity index is 530. The lowest BCUT2D eigenvalue weighted by molar-refractivity contribution is -0.121. The van der Waals surface area contributed by atoms with Crippen LogP contribution >= 0.6 is 0 Å². The first kappa shape index (κ1) is 13.3. The second-order valence-electron chi connectivity index (χ2n) is 4.37. The summed E-state index contributed by atoms with van der Waals surface area (Å²) in [7, 11) is 0. The van der Waals surface area contributed by atoms with Gasteiger partial charge >= 0.3 is 0 Å². The first-order chi connectivity index (χ1) is 9.16. The van der Waals surface area contributed by atoms with Gasteiger partial charge in [0.1, 0.15) is 12.7 Å². The van der Waals surface area contributed by atoms with E-state index in [1.165, 1.54) is 6.33 Å². The number of carbonyl (C=O) groups excluding carboxylic acids is 1. The Morgan fingerprint density at radius 3 is 2.79 bits per heavy atom. The third-order valence-corrected chi connectivity index (χ3v) is 3.05. The zero-order valence-corrected chi connectivity index (χ0v) is 11.2. The molecule has 7 nitrogen and oxygen atoms in total. The van der Waals surface area contributed by atoms with Crippen LogP contribution in [-0.4, -0.2) is 36.8 Å². The topological polar surface area (TPSA) is 77.6 Å². The predicted molar refractivity (Wildman–Crippen MR) is 69.3 cm³/mol. The lowest BCUT2D eigenvalue weighted by Gasteiger charge is -2.07. The Morgan fingerprint density at radius 1 is 1.32 bits per heavy atom. The van der Waals surface area contributed by atoms with E-state index < -0.39 is 0 Å². The summed E-state index contributed by atoms with van der Waals surface area (Å²) in [4.78, 5) is 19.7. The maximum Gasteiger partial charge on any atom is 0.221 e. The molecule has 7 heteroatoms. The van der Waals surface area contributed by atoms with Crippen molar-refractivity contribution in [1.29, 1.82) is 0 Å². The van der Waals surface area contributed by atoms with Crippen molar-refractivity contribution in [3.05, 3.63) is 30.4 Å². The van der Waals surface area contributed by atoms with Crippen molar-refractivity contribution in [3.63, 3.8) is 0 Å². The Hall–Kier alpha value is -2.18. The zero-order chi connectivity index (χ0) is 13.7. The molecule has 1 amide bonds. The van der Waals surface area contributed by atoms with Gasteiger partial charge in [-0.05, 0) is 13.8 Å². The van der Waals surface area contributed by atoms with Crippen molar-refractivity contribution < 1.29 is 4.79 Å². The van der Waals surface area contributed by atoms with E-state index in [1.54, 1.807) is 17.3 Å². The van der Waals surface area contributed by atoms with Gasteiger partial charge in [0.05, 0.1) is 18.6 Å². The Balaban J connectivity index is 1.68. The Kier molecular flexibility index (Phi) is 4.27. The summed E-state index contributed by atoms with van der Waals surface area (Å²) >= 11 is 0. The molecule has 0 aromatic carbocycles. The number of carbonyl (C=O) groups is 1. The summed E-state index contributed by atoms with van der Waals surface area (Å²) < 4.78 is 3.68. The van der Waals surface area contributed by atoms with Crippen LogP contribution in [0.2, 0.25) is 0 Å². The van der Waals surface area contributed by atoms with Gasteiger partial charge in [-0.25, -0.2) is 9.97 Å². The molecule has 2 rings (SSSR count). The third kappa shape index (κ3) is 3.64. The molecule has 0 saturated heterocycles. The molecule has 0 fully saturated rings. The van der Waals surface area contributed by atoms with Gasteiger partial charge in [-0.15, -0.1) is 0 Å². The second-order valence-corrected chi connectivity index (χ2v) is 4.37. The number of hydrogen-bond donors (Lipinski definition) is 1. The number of imidazole rings is 1. The number of amides is 1. The molecule has 19 heavy (non-hydrogen) atoms. The highest BCUT2D eigenvalue weighted by molar-refractivity contribution is 5.75. The van der Waals surface area contributed by atoms with Crippen molar-refractivity contribution in [3.8, 4) is 0 Å². The summed E-state index contributed by atoms with van der Waals surface area (Å²) in [6.07, 6.45) is 5.27. The lowest BCUT2D eigenvalue weighted by Crippen LogP contribution is -2.28. The van der Waals surface area contributed by atoms with Crippen LogP contribution in [-0.2, 0) is 17.9 Å². The number of nitrogens with one attached hydrogen (secondary N) is 1. The van der Waals surface area contributed by atoms with E-state index in [4.69, 9.17) is 0 Å². The standard InChI is InChI=1S/C12H18N6O/c1-10-11(2)17(9-15-10)6-4-14-12(19)3-5-18-8-13-7-16-18/h7-9H,3-6H2,1-2H3,(H,14,19). The van der Waals surface area contributed by atoms with Gasteiger partial charge in [-0.1, -0.05) is 0 Å². The molecule has 1 N–H and O–H groups in total. The molecule has 102 valence electrons. The van der Waals surface area contributed by atoms with Crippen LogP contribution in [0.4, 0.5) is 0 Å². The normalized spacial score (nSPS) is 10.6. The van der Waals surface area contributed by atoms with E-state index in [-0.39, 0.29) is 5.91 Å². The summed E-state index contributed by atoms with van der Waals surface area (Å²) in [5.74, 6) is 0.0185. The van der Waals surface area contributed by atoms with E-state index in [0.717, 1.165) is 17.9 Å². The van der Waals surface area contributed by atoms with Crippen molar-refractivity contribution in [1.82, 2.24) is 29.6 Å². The van der Waals surface area contributed by atoms with Gasteiger partial charge in [-0.3, -0.25) is 9.48 Å². The van der Waals surface area contributed by atoms with Crippen LogP contribution in [0, 0.1) is 13.8 Å². The first-order valence-electron chi connectivity index (χ1n) is 6.24. The fourth-order valence-electron chi connectivity index (χ4n) is 1.74. The molecule has 0 aliphatic carbocycles. The molecule has 0 aliphatic rings. The molecule has 0 atom stereocenters. The Morgan fingerprint density at radius 2 is 2.16 bits per heavy atom. The van der Waals surface area contributed by atoms with E-state index in [2.05, 4.69) is 20.4 Å². The van der Waals surface area contributed by atoms with Crippen LogP contribution in [0.25, 0.3) is 0 Å². The monoisotopic (exact) mass is 262 g/mol. The largest absolute Gasteiger partial charge is 0.354 e. The minimum Gasteiger partial charge on any atom is -0.354 e. The highest BCUT2D eigenvalue weighted by Gasteiger charge is 2.04. The Labute approximate surface area is 111 Å². The average Bonchev–Trinajstić information content (AvgIpc) is 3.01. The highest BCUT2D eigenvalue weighted by Crippen LogP contribution is 2.02. The van der Waals surface area contributed by atoms with Gasteiger partial charge < -0.3 is 9.88 Å². The number of hydrogen-bond acceptors (Lipinski definition) is 4. The van der Waals surface area contributed by atoms with E-state index >= 15 is 0 Å².